The van der Waals surface area contributed by atoms with E-state index in [-0.39, 0.29) is 6.10 Å². The standard InChI is InChI=1S/C12H24N2O/c1-10(9-14-4-2-3-5-14)13-8-11-6-12(15)7-11/h10-13,15H,2-9H2,1H3. The quantitative estimate of drug-likeness (QED) is 0.708. The van der Waals surface area contributed by atoms with Crippen molar-refractivity contribution in [1.82, 2.24) is 10.2 Å². The molecule has 2 rings (SSSR count). The molecule has 1 heterocycles. The van der Waals surface area contributed by atoms with E-state index >= 15 is 0 Å². The molecule has 2 aliphatic rings. The van der Waals surface area contributed by atoms with Crippen LogP contribution < -0.4 is 5.32 Å². The number of aliphatic hydroxyl groups is 1. The maximum Gasteiger partial charge on any atom is 0.0546 e. The van der Waals surface area contributed by atoms with Gasteiger partial charge in [0.25, 0.3) is 0 Å². The molecule has 1 saturated carbocycles. The molecule has 0 amide bonds. The van der Waals surface area contributed by atoms with Crippen molar-refractivity contribution < 1.29 is 5.11 Å². The Kier molecular flexibility index (Phi) is 4.00. The van der Waals surface area contributed by atoms with Crippen molar-refractivity contribution >= 4 is 0 Å². The molecule has 3 nitrogen and oxygen atoms in total. The predicted octanol–water partition coefficient (Wildman–Crippen LogP) is 0.831. The monoisotopic (exact) mass is 212 g/mol. The van der Waals surface area contributed by atoms with E-state index in [1.807, 2.05) is 0 Å². The molecule has 0 radical (unpaired) electrons. The lowest BCUT2D eigenvalue weighted by Crippen LogP contribution is -2.43. The topological polar surface area (TPSA) is 35.5 Å². The molecule has 3 heteroatoms. The Morgan fingerprint density at radius 3 is 2.60 bits per heavy atom. The number of nitrogens with zero attached hydrogens (tertiary/aromatic N) is 1. The summed E-state index contributed by atoms with van der Waals surface area (Å²) < 4.78 is 0. The van der Waals surface area contributed by atoms with Gasteiger partial charge in [0, 0.05) is 12.6 Å². The van der Waals surface area contributed by atoms with Gasteiger partial charge in [0.05, 0.1) is 6.10 Å². The second-order valence-corrected chi connectivity index (χ2v) is 5.31. The number of rotatable bonds is 5. The minimum Gasteiger partial charge on any atom is -0.393 e. The van der Waals surface area contributed by atoms with Crippen molar-refractivity contribution in [2.45, 2.75) is 44.8 Å². The third-order valence-electron chi connectivity index (χ3n) is 3.70. The molecular formula is C12H24N2O. The van der Waals surface area contributed by atoms with Crippen molar-refractivity contribution in [2.75, 3.05) is 26.2 Å². The molecule has 0 aromatic carbocycles. The van der Waals surface area contributed by atoms with E-state index in [1.54, 1.807) is 0 Å². The Hall–Kier alpha value is -0.120. The molecule has 0 bridgehead atoms. The van der Waals surface area contributed by atoms with Crippen molar-refractivity contribution in [1.29, 1.82) is 0 Å². The van der Waals surface area contributed by atoms with Crippen LogP contribution in [0, 0.1) is 5.92 Å². The highest BCUT2D eigenvalue weighted by Crippen LogP contribution is 2.26. The summed E-state index contributed by atoms with van der Waals surface area (Å²) in [6.07, 6.45) is 4.75. The van der Waals surface area contributed by atoms with Gasteiger partial charge in [0.1, 0.15) is 0 Å². The zero-order valence-corrected chi connectivity index (χ0v) is 9.78. The summed E-state index contributed by atoms with van der Waals surface area (Å²) in [7, 11) is 0. The lowest BCUT2D eigenvalue weighted by molar-refractivity contribution is 0.0416. The Labute approximate surface area is 92.8 Å². The van der Waals surface area contributed by atoms with E-state index < -0.39 is 0 Å². The maximum atomic E-state index is 9.18. The van der Waals surface area contributed by atoms with Gasteiger partial charge in [-0.2, -0.15) is 0 Å². The molecule has 1 saturated heterocycles. The summed E-state index contributed by atoms with van der Waals surface area (Å²) in [6.45, 7) is 7.12. The summed E-state index contributed by atoms with van der Waals surface area (Å²) in [6, 6.07) is 0.598. The van der Waals surface area contributed by atoms with Gasteiger partial charge in [-0.15, -0.1) is 0 Å². The Bertz CT molecular complexity index is 186. The van der Waals surface area contributed by atoms with Gasteiger partial charge >= 0.3 is 0 Å². The van der Waals surface area contributed by atoms with Crippen molar-refractivity contribution in [3.8, 4) is 0 Å². The zero-order valence-electron chi connectivity index (χ0n) is 9.78. The number of aliphatic hydroxyl groups excluding tert-OH is 1. The summed E-state index contributed by atoms with van der Waals surface area (Å²) in [5.74, 6) is 0.723. The van der Waals surface area contributed by atoms with Crippen LogP contribution in [0.3, 0.4) is 0 Å². The largest absolute Gasteiger partial charge is 0.393 e. The van der Waals surface area contributed by atoms with Gasteiger partial charge in [-0.25, -0.2) is 0 Å². The third kappa shape index (κ3) is 3.44. The number of likely N-dealkylation sites (tertiary alicyclic amines) is 1. The molecule has 1 aliphatic heterocycles. The lowest BCUT2D eigenvalue weighted by Gasteiger charge is -2.33. The summed E-state index contributed by atoms with van der Waals surface area (Å²) >= 11 is 0. The van der Waals surface area contributed by atoms with E-state index in [1.165, 1.54) is 32.5 Å². The molecule has 88 valence electrons. The summed E-state index contributed by atoms with van der Waals surface area (Å²) in [5, 5.41) is 12.8. The number of nitrogens with one attached hydrogen (secondary N) is 1. The highest BCUT2D eigenvalue weighted by molar-refractivity contribution is 4.81. The van der Waals surface area contributed by atoms with E-state index in [4.69, 9.17) is 0 Å². The lowest BCUT2D eigenvalue weighted by atomic mass is 9.82. The van der Waals surface area contributed by atoms with Gasteiger partial charge in [0.15, 0.2) is 0 Å². The molecule has 0 spiro atoms. The van der Waals surface area contributed by atoms with Crippen LogP contribution in [0.1, 0.15) is 32.6 Å². The average Bonchev–Trinajstić information content (AvgIpc) is 2.63. The molecule has 1 unspecified atom stereocenters. The first kappa shape index (κ1) is 11.4. The van der Waals surface area contributed by atoms with Crippen LogP contribution in [0.25, 0.3) is 0 Å². The predicted molar refractivity (Wildman–Crippen MR) is 61.9 cm³/mol. The second-order valence-electron chi connectivity index (χ2n) is 5.31. The molecule has 15 heavy (non-hydrogen) atoms. The fraction of sp³-hybridized carbons (Fsp3) is 1.00. The van der Waals surface area contributed by atoms with Crippen LogP contribution in [0.4, 0.5) is 0 Å². The fourth-order valence-corrected chi connectivity index (χ4v) is 2.65. The fourth-order valence-electron chi connectivity index (χ4n) is 2.65. The number of hydrogen-bond donors (Lipinski definition) is 2. The van der Waals surface area contributed by atoms with Crippen LogP contribution in [-0.4, -0.2) is 48.3 Å². The second kappa shape index (κ2) is 5.28. The van der Waals surface area contributed by atoms with Gasteiger partial charge in [0.2, 0.25) is 0 Å². The Morgan fingerprint density at radius 1 is 1.33 bits per heavy atom. The van der Waals surface area contributed by atoms with Crippen LogP contribution in [0.15, 0.2) is 0 Å². The van der Waals surface area contributed by atoms with Crippen LogP contribution in [0.2, 0.25) is 0 Å². The van der Waals surface area contributed by atoms with Gasteiger partial charge in [-0.3, -0.25) is 0 Å². The van der Waals surface area contributed by atoms with Crippen molar-refractivity contribution in [3.63, 3.8) is 0 Å². The highest BCUT2D eigenvalue weighted by Gasteiger charge is 2.27. The Morgan fingerprint density at radius 2 is 2.00 bits per heavy atom. The smallest absolute Gasteiger partial charge is 0.0546 e. The first-order valence-electron chi connectivity index (χ1n) is 6.38. The maximum absolute atomic E-state index is 9.18. The SMILES string of the molecule is CC(CN1CCCC1)NCC1CC(O)C1. The van der Waals surface area contributed by atoms with E-state index in [9.17, 15) is 5.11 Å². The summed E-state index contributed by atoms with van der Waals surface area (Å²) in [5.41, 5.74) is 0. The van der Waals surface area contributed by atoms with Gasteiger partial charge in [-0.05, 0) is 58.2 Å². The average molecular weight is 212 g/mol. The molecule has 2 fully saturated rings. The first-order chi connectivity index (χ1) is 7.24. The van der Waals surface area contributed by atoms with Crippen LogP contribution >= 0.6 is 0 Å². The minimum atomic E-state index is -0.00862. The van der Waals surface area contributed by atoms with E-state index in [0.717, 1.165) is 25.3 Å². The highest BCUT2D eigenvalue weighted by atomic mass is 16.3. The van der Waals surface area contributed by atoms with E-state index in [2.05, 4.69) is 17.1 Å². The van der Waals surface area contributed by atoms with Gasteiger partial charge in [-0.1, -0.05) is 0 Å². The molecule has 0 aromatic heterocycles. The van der Waals surface area contributed by atoms with Crippen molar-refractivity contribution in [3.05, 3.63) is 0 Å². The summed E-state index contributed by atoms with van der Waals surface area (Å²) in [4.78, 5) is 2.55. The normalized spacial score (nSPS) is 34.0. The first-order valence-corrected chi connectivity index (χ1v) is 6.38. The molecule has 0 aromatic rings. The van der Waals surface area contributed by atoms with Crippen LogP contribution in [0.5, 0.6) is 0 Å². The van der Waals surface area contributed by atoms with Crippen molar-refractivity contribution in [2.24, 2.45) is 5.92 Å². The molecular weight excluding hydrogens is 188 g/mol. The van der Waals surface area contributed by atoms with E-state index in [0.29, 0.717) is 6.04 Å². The minimum absolute atomic E-state index is 0.00862. The molecule has 1 aliphatic carbocycles. The zero-order chi connectivity index (χ0) is 10.7. The Balaban J connectivity index is 1.54. The third-order valence-corrected chi connectivity index (χ3v) is 3.70. The van der Waals surface area contributed by atoms with Crippen LogP contribution in [-0.2, 0) is 0 Å². The molecule has 1 atom stereocenters. The van der Waals surface area contributed by atoms with Gasteiger partial charge < -0.3 is 15.3 Å². The molecule has 2 N–H and O–H groups in total. The number of hydrogen-bond acceptors (Lipinski definition) is 3.